The number of thiol groups is 1. The number of sulfone groups is 1. The van der Waals surface area contributed by atoms with E-state index in [0.717, 1.165) is 0 Å². The van der Waals surface area contributed by atoms with Crippen LogP contribution in [0.5, 0.6) is 0 Å². The van der Waals surface area contributed by atoms with Crippen LogP contribution in [0.2, 0.25) is 0 Å². The summed E-state index contributed by atoms with van der Waals surface area (Å²) in [5, 5.41) is 2.27. The van der Waals surface area contributed by atoms with Crippen LogP contribution >= 0.6 is 12.6 Å². The largest absolute Gasteiger partial charge is 0.352 e. The quantitative estimate of drug-likeness (QED) is 0.679. The van der Waals surface area contributed by atoms with Crippen LogP contribution in [-0.4, -0.2) is 37.1 Å². The van der Waals surface area contributed by atoms with Gasteiger partial charge in [0.05, 0.1) is 11.0 Å². The predicted octanol–water partition coefficient (Wildman–Crippen LogP) is -0.00190. The van der Waals surface area contributed by atoms with Crippen molar-refractivity contribution in [2.45, 2.75) is 31.1 Å². The molecule has 4 nitrogen and oxygen atoms in total. The van der Waals surface area contributed by atoms with E-state index in [4.69, 9.17) is 0 Å². The molecule has 2 unspecified atom stereocenters. The van der Waals surface area contributed by atoms with E-state index in [-0.39, 0.29) is 17.7 Å². The van der Waals surface area contributed by atoms with Crippen LogP contribution in [0.3, 0.4) is 0 Å². The van der Waals surface area contributed by atoms with Gasteiger partial charge in [-0.15, -0.1) is 0 Å². The first-order valence-electron chi connectivity index (χ1n) is 4.59. The average molecular weight is 237 g/mol. The van der Waals surface area contributed by atoms with E-state index in [9.17, 15) is 13.2 Å². The summed E-state index contributed by atoms with van der Waals surface area (Å²) in [6.07, 6.45) is 0.869. The lowest BCUT2D eigenvalue weighted by Gasteiger charge is -2.15. The summed E-state index contributed by atoms with van der Waals surface area (Å²) in [6.45, 7) is 1.65. The fraction of sp³-hybridized carbons (Fsp3) is 0.875. The van der Waals surface area contributed by atoms with Crippen molar-refractivity contribution in [3.63, 3.8) is 0 Å². The van der Waals surface area contributed by atoms with Crippen molar-refractivity contribution >= 4 is 28.4 Å². The SMILES string of the molecule is CC1C(NC(=O)CCS)CCS1(=O)=O. The second-order valence-electron chi connectivity index (χ2n) is 3.51. The van der Waals surface area contributed by atoms with Gasteiger partial charge in [-0.05, 0) is 19.1 Å². The molecular weight excluding hydrogens is 222 g/mol. The second-order valence-corrected chi connectivity index (χ2v) is 6.43. The summed E-state index contributed by atoms with van der Waals surface area (Å²) in [5.74, 6) is 0.550. The third-order valence-electron chi connectivity index (χ3n) is 2.53. The Balaban J connectivity index is 2.53. The molecule has 82 valence electrons. The topological polar surface area (TPSA) is 63.2 Å². The maximum atomic E-state index is 11.3. The van der Waals surface area contributed by atoms with Gasteiger partial charge in [0.25, 0.3) is 0 Å². The number of carbonyl (C=O) groups is 1. The molecule has 1 saturated heterocycles. The number of carbonyl (C=O) groups excluding carboxylic acids is 1. The maximum absolute atomic E-state index is 11.3. The van der Waals surface area contributed by atoms with Crippen molar-refractivity contribution in [2.75, 3.05) is 11.5 Å². The van der Waals surface area contributed by atoms with Gasteiger partial charge in [0.1, 0.15) is 0 Å². The Bertz CT molecular complexity index is 313. The summed E-state index contributed by atoms with van der Waals surface area (Å²) in [7, 11) is -2.97. The standard InChI is InChI=1S/C8H15NO3S2/c1-6-7(3-5-14(6,11)12)9-8(10)2-4-13/h6-7,13H,2-5H2,1H3,(H,9,10). The Kier molecular flexibility index (Phi) is 3.83. The fourth-order valence-corrected chi connectivity index (χ4v) is 3.39. The molecule has 1 amide bonds. The zero-order valence-electron chi connectivity index (χ0n) is 8.06. The molecule has 0 aromatic heterocycles. The Morgan fingerprint density at radius 2 is 2.21 bits per heavy atom. The van der Waals surface area contributed by atoms with Crippen molar-refractivity contribution in [3.8, 4) is 0 Å². The number of nitrogens with one attached hydrogen (secondary N) is 1. The summed E-state index contributed by atoms with van der Waals surface area (Å²) in [5.41, 5.74) is 0. The Labute approximate surface area is 89.8 Å². The highest BCUT2D eigenvalue weighted by Gasteiger charge is 2.37. The van der Waals surface area contributed by atoms with E-state index in [1.165, 1.54) is 0 Å². The lowest BCUT2D eigenvalue weighted by molar-refractivity contribution is -0.121. The van der Waals surface area contributed by atoms with E-state index in [1.54, 1.807) is 6.92 Å². The van der Waals surface area contributed by atoms with E-state index in [2.05, 4.69) is 17.9 Å². The zero-order valence-corrected chi connectivity index (χ0v) is 9.77. The van der Waals surface area contributed by atoms with Gasteiger partial charge in [-0.3, -0.25) is 4.79 Å². The third kappa shape index (κ3) is 2.63. The molecule has 0 bridgehead atoms. The van der Waals surface area contributed by atoms with Crippen molar-refractivity contribution in [1.29, 1.82) is 0 Å². The molecule has 1 rings (SSSR count). The number of rotatable bonds is 3. The van der Waals surface area contributed by atoms with Gasteiger partial charge in [-0.25, -0.2) is 8.42 Å². The molecule has 0 saturated carbocycles. The maximum Gasteiger partial charge on any atom is 0.221 e. The first-order chi connectivity index (χ1) is 6.47. The highest BCUT2D eigenvalue weighted by Crippen LogP contribution is 2.20. The highest BCUT2D eigenvalue weighted by atomic mass is 32.2. The van der Waals surface area contributed by atoms with Gasteiger partial charge in [0.15, 0.2) is 9.84 Å². The van der Waals surface area contributed by atoms with Crippen LogP contribution in [0.1, 0.15) is 19.8 Å². The van der Waals surface area contributed by atoms with Crippen molar-refractivity contribution in [2.24, 2.45) is 0 Å². The van der Waals surface area contributed by atoms with Crippen LogP contribution in [0.15, 0.2) is 0 Å². The average Bonchev–Trinajstić information content (AvgIpc) is 2.33. The van der Waals surface area contributed by atoms with Crippen LogP contribution in [0, 0.1) is 0 Å². The molecule has 1 heterocycles. The first kappa shape index (κ1) is 11.8. The van der Waals surface area contributed by atoms with Crippen molar-refractivity contribution < 1.29 is 13.2 Å². The minimum atomic E-state index is -2.97. The minimum absolute atomic E-state index is 0.117. The number of hydrogen-bond acceptors (Lipinski definition) is 4. The molecule has 0 aromatic rings. The van der Waals surface area contributed by atoms with E-state index in [0.29, 0.717) is 18.6 Å². The monoisotopic (exact) mass is 237 g/mol. The first-order valence-corrected chi connectivity index (χ1v) is 6.94. The van der Waals surface area contributed by atoms with Crippen LogP contribution in [0.4, 0.5) is 0 Å². The Hall–Kier alpha value is -0.230. The summed E-state index contributed by atoms with van der Waals surface area (Å²) < 4.78 is 22.7. The normalized spacial score (nSPS) is 30.1. The van der Waals surface area contributed by atoms with Crippen LogP contribution < -0.4 is 5.32 Å². The van der Waals surface area contributed by atoms with Crippen molar-refractivity contribution in [3.05, 3.63) is 0 Å². The molecule has 14 heavy (non-hydrogen) atoms. The molecule has 0 aliphatic carbocycles. The molecule has 1 aliphatic rings. The lowest BCUT2D eigenvalue weighted by Crippen LogP contribution is -2.40. The smallest absolute Gasteiger partial charge is 0.221 e. The molecule has 0 spiro atoms. The predicted molar refractivity (Wildman–Crippen MR) is 58.3 cm³/mol. The number of hydrogen-bond donors (Lipinski definition) is 2. The van der Waals surface area contributed by atoms with Crippen LogP contribution in [0.25, 0.3) is 0 Å². The summed E-state index contributed by atoms with van der Waals surface area (Å²) >= 11 is 3.93. The molecule has 2 atom stereocenters. The molecule has 0 radical (unpaired) electrons. The van der Waals surface area contributed by atoms with Gasteiger partial charge in [-0.2, -0.15) is 12.6 Å². The van der Waals surface area contributed by atoms with Gasteiger partial charge in [0, 0.05) is 12.5 Å². The summed E-state index contributed by atoms with van der Waals surface area (Å²) in [4.78, 5) is 11.2. The van der Waals surface area contributed by atoms with Gasteiger partial charge in [-0.1, -0.05) is 0 Å². The number of amides is 1. The summed E-state index contributed by atoms with van der Waals surface area (Å²) in [6, 6.07) is -0.215. The molecule has 0 aromatic carbocycles. The van der Waals surface area contributed by atoms with Gasteiger partial charge >= 0.3 is 0 Å². The molecule has 1 aliphatic heterocycles. The molecule has 6 heteroatoms. The molecule has 1 fully saturated rings. The Morgan fingerprint density at radius 1 is 1.57 bits per heavy atom. The van der Waals surface area contributed by atoms with Gasteiger partial charge in [0.2, 0.25) is 5.91 Å². The molecule has 1 N–H and O–H groups in total. The van der Waals surface area contributed by atoms with E-state index in [1.807, 2.05) is 0 Å². The van der Waals surface area contributed by atoms with Gasteiger partial charge < -0.3 is 5.32 Å². The van der Waals surface area contributed by atoms with Crippen molar-refractivity contribution in [1.82, 2.24) is 5.32 Å². The highest BCUT2D eigenvalue weighted by molar-refractivity contribution is 7.92. The lowest BCUT2D eigenvalue weighted by atomic mass is 10.1. The molecular formula is C8H15NO3S2. The second kappa shape index (κ2) is 4.53. The zero-order chi connectivity index (χ0) is 10.8. The van der Waals surface area contributed by atoms with Crippen LogP contribution in [-0.2, 0) is 14.6 Å². The van der Waals surface area contributed by atoms with E-state index >= 15 is 0 Å². The minimum Gasteiger partial charge on any atom is -0.352 e. The Morgan fingerprint density at radius 3 is 2.64 bits per heavy atom. The van der Waals surface area contributed by atoms with E-state index < -0.39 is 15.1 Å². The third-order valence-corrected chi connectivity index (χ3v) is 5.02. The fourth-order valence-electron chi connectivity index (χ4n) is 1.53.